The normalized spacial score (nSPS) is 22.4. The molecular formula is C13H16FNO2. The standard InChI is InChI=1S/C13H16FNO2/c1-8-6-9(4-5-12(8)14)10-7-11(10)13(16)15(2)17-3/h4-6,10-11H,7H2,1-3H3. The fourth-order valence-electron chi connectivity index (χ4n) is 2.06. The average Bonchev–Trinajstić information content (AvgIpc) is 3.10. The van der Waals surface area contributed by atoms with Gasteiger partial charge in [0, 0.05) is 13.0 Å². The molecule has 0 spiro atoms. The molecule has 1 aromatic carbocycles. The van der Waals surface area contributed by atoms with Crippen LogP contribution < -0.4 is 0 Å². The second kappa shape index (κ2) is 4.45. The summed E-state index contributed by atoms with van der Waals surface area (Å²) in [6.45, 7) is 1.74. The van der Waals surface area contributed by atoms with Crippen molar-refractivity contribution in [3.05, 3.63) is 35.1 Å². The van der Waals surface area contributed by atoms with Gasteiger partial charge in [-0.2, -0.15) is 0 Å². The van der Waals surface area contributed by atoms with Crippen LogP contribution in [0.1, 0.15) is 23.5 Å². The van der Waals surface area contributed by atoms with Crippen molar-refractivity contribution in [1.29, 1.82) is 0 Å². The minimum Gasteiger partial charge on any atom is -0.275 e. The molecule has 0 radical (unpaired) electrons. The van der Waals surface area contributed by atoms with Crippen LogP contribution in [-0.2, 0) is 9.63 Å². The molecule has 2 unspecified atom stereocenters. The maximum Gasteiger partial charge on any atom is 0.249 e. The zero-order valence-corrected chi connectivity index (χ0v) is 10.2. The molecule has 2 rings (SSSR count). The monoisotopic (exact) mass is 237 g/mol. The second-order valence-corrected chi connectivity index (χ2v) is 4.48. The van der Waals surface area contributed by atoms with E-state index < -0.39 is 0 Å². The second-order valence-electron chi connectivity index (χ2n) is 4.48. The van der Waals surface area contributed by atoms with Crippen molar-refractivity contribution >= 4 is 5.91 Å². The first-order chi connectivity index (χ1) is 8.04. The summed E-state index contributed by atoms with van der Waals surface area (Å²) < 4.78 is 13.1. The van der Waals surface area contributed by atoms with Crippen LogP contribution in [0, 0.1) is 18.7 Å². The highest BCUT2D eigenvalue weighted by Crippen LogP contribution is 2.48. The Labute approximate surface area is 100 Å². The third kappa shape index (κ3) is 2.31. The summed E-state index contributed by atoms with van der Waals surface area (Å²) in [4.78, 5) is 16.7. The van der Waals surface area contributed by atoms with Gasteiger partial charge >= 0.3 is 0 Å². The number of carbonyl (C=O) groups excluding carboxylic acids is 1. The van der Waals surface area contributed by atoms with Gasteiger partial charge in [0.25, 0.3) is 0 Å². The lowest BCUT2D eigenvalue weighted by Crippen LogP contribution is -2.27. The maximum atomic E-state index is 13.1. The first-order valence-corrected chi connectivity index (χ1v) is 5.62. The number of amides is 1. The number of hydrogen-bond donors (Lipinski definition) is 0. The quantitative estimate of drug-likeness (QED) is 0.755. The smallest absolute Gasteiger partial charge is 0.249 e. The lowest BCUT2D eigenvalue weighted by atomic mass is 10.1. The van der Waals surface area contributed by atoms with Crippen molar-refractivity contribution < 1.29 is 14.0 Å². The van der Waals surface area contributed by atoms with Gasteiger partial charge in [-0.3, -0.25) is 9.63 Å². The van der Waals surface area contributed by atoms with E-state index in [2.05, 4.69) is 0 Å². The summed E-state index contributed by atoms with van der Waals surface area (Å²) in [7, 11) is 3.07. The molecule has 0 bridgehead atoms. The van der Waals surface area contributed by atoms with Gasteiger partial charge in [0.2, 0.25) is 5.91 Å². The highest BCUT2D eigenvalue weighted by Gasteiger charge is 2.45. The van der Waals surface area contributed by atoms with Gasteiger partial charge < -0.3 is 0 Å². The highest BCUT2D eigenvalue weighted by molar-refractivity contribution is 5.81. The molecule has 1 saturated carbocycles. The van der Waals surface area contributed by atoms with E-state index in [1.165, 1.54) is 18.2 Å². The van der Waals surface area contributed by atoms with Crippen LogP contribution >= 0.6 is 0 Å². The third-order valence-electron chi connectivity index (χ3n) is 3.30. The fraction of sp³-hybridized carbons (Fsp3) is 0.462. The van der Waals surface area contributed by atoms with E-state index >= 15 is 0 Å². The number of carbonyl (C=O) groups is 1. The predicted octanol–water partition coefficient (Wildman–Crippen LogP) is 2.26. The van der Waals surface area contributed by atoms with E-state index in [1.807, 2.05) is 6.07 Å². The summed E-state index contributed by atoms with van der Waals surface area (Å²) in [5.41, 5.74) is 1.66. The molecule has 17 heavy (non-hydrogen) atoms. The Kier molecular flexibility index (Phi) is 3.15. The summed E-state index contributed by atoms with van der Waals surface area (Å²) >= 11 is 0. The van der Waals surface area contributed by atoms with E-state index in [-0.39, 0.29) is 23.6 Å². The van der Waals surface area contributed by atoms with E-state index in [4.69, 9.17) is 4.84 Å². The van der Waals surface area contributed by atoms with Crippen LogP contribution in [0.25, 0.3) is 0 Å². The first-order valence-electron chi connectivity index (χ1n) is 5.62. The van der Waals surface area contributed by atoms with Gasteiger partial charge in [0.15, 0.2) is 0 Å². The van der Waals surface area contributed by atoms with Gasteiger partial charge in [-0.05, 0) is 36.5 Å². The Hall–Kier alpha value is -1.42. The van der Waals surface area contributed by atoms with Gasteiger partial charge in [-0.1, -0.05) is 12.1 Å². The molecule has 1 aromatic rings. The van der Waals surface area contributed by atoms with E-state index in [9.17, 15) is 9.18 Å². The van der Waals surface area contributed by atoms with Crippen LogP contribution in [0.4, 0.5) is 4.39 Å². The SMILES string of the molecule is CON(C)C(=O)C1CC1c1ccc(F)c(C)c1. The number of nitrogens with zero attached hydrogens (tertiary/aromatic N) is 1. The molecule has 1 amide bonds. The van der Waals surface area contributed by atoms with Crippen molar-refractivity contribution in [2.75, 3.05) is 14.2 Å². The van der Waals surface area contributed by atoms with Crippen molar-refractivity contribution in [3.8, 4) is 0 Å². The Bertz CT molecular complexity index is 447. The predicted molar refractivity (Wildman–Crippen MR) is 61.8 cm³/mol. The van der Waals surface area contributed by atoms with Gasteiger partial charge in [0.05, 0.1) is 7.11 Å². The molecule has 0 aromatic heterocycles. The molecule has 1 aliphatic rings. The molecule has 92 valence electrons. The lowest BCUT2D eigenvalue weighted by Gasteiger charge is -2.13. The molecular weight excluding hydrogens is 221 g/mol. The molecule has 0 aliphatic heterocycles. The van der Waals surface area contributed by atoms with Crippen LogP contribution in [0.15, 0.2) is 18.2 Å². The van der Waals surface area contributed by atoms with E-state index in [1.54, 1.807) is 20.0 Å². The zero-order valence-electron chi connectivity index (χ0n) is 10.2. The highest BCUT2D eigenvalue weighted by atomic mass is 19.1. The minimum atomic E-state index is -0.203. The molecule has 2 atom stereocenters. The molecule has 1 fully saturated rings. The van der Waals surface area contributed by atoms with Crippen molar-refractivity contribution in [1.82, 2.24) is 5.06 Å². The van der Waals surface area contributed by atoms with Crippen LogP contribution in [0.2, 0.25) is 0 Å². The fourth-order valence-corrected chi connectivity index (χ4v) is 2.06. The summed E-state index contributed by atoms with van der Waals surface area (Å²) in [5.74, 6) is -0.0324. The van der Waals surface area contributed by atoms with E-state index in [0.717, 1.165) is 12.0 Å². The number of halogens is 1. The number of benzene rings is 1. The van der Waals surface area contributed by atoms with E-state index in [0.29, 0.717) is 5.56 Å². The summed E-state index contributed by atoms with van der Waals surface area (Å²) in [5, 5.41) is 1.25. The number of aryl methyl sites for hydroxylation is 1. The van der Waals surface area contributed by atoms with Gasteiger partial charge in [0.1, 0.15) is 5.82 Å². The molecule has 4 heteroatoms. The number of hydrogen-bond acceptors (Lipinski definition) is 2. The molecule has 3 nitrogen and oxygen atoms in total. The largest absolute Gasteiger partial charge is 0.275 e. The van der Waals surface area contributed by atoms with Gasteiger partial charge in [-0.25, -0.2) is 9.45 Å². The number of hydroxylamine groups is 2. The molecule has 1 aliphatic carbocycles. The average molecular weight is 237 g/mol. The van der Waals surface area contributed by atoms with Crippen LogP contribution in [0.3, 0.4) is 0 Å². The molecule has 0 heterocycles. The topological polar surface area (TPSA) is 29.5 Å². The van der Waals surface area contributed by atoms with Gasteiger partial charge in [-0.15, -0.1) is 0 Å². The summed E-state index contributed by atoms with van der Waals surface area (Å²) in [6.07, 6.45) is 0.817. The van der Waals surface area contributed by atoms with Crippen molar-refractivity contribution in [2.45, 2.75) is 19.3 Å². The van der Waals surface area contributed by atoms with Crippen LogP contribution in [0.5, 0.6) is 0 Å². The Morgan fingerprint density at radius 1 is 1.53 bits per heavy atom. The maximum absolute atomic E-state index is 13.1. The zero-order chi connectivity index (χ0) is 12.6. The Balaban J connectivity index is 2.07. The van der Waals surface area contributed by atoms with Crippen LogP contribution in [-0.4, -0.2) is 25.1 Å². The Morgan fingerprint density at radius 2 is 2.24 bits per heavy atom. The Morgan fingerprint density at radius 3 is 2.82 bits per heavy atom. The molecule has 0 saturated heterocycles. The first kappa shape index (κ1) is 12.0. The van der Waals surface area contributed by atoms with Crippen molar-refractivity contribution in [2.24, 2.45) is 5.92 Å². The lowest BCUT2D eigenvalue weighted by molar-refractivity contribution is -0.170. The van der Waals surface area contributed by atoms with Crippen molar-refractivity contribution in [3.63, 3.8) is 0 Å². The molecule has 0 N–H and O–H groups in total. The number of rotatable bonds is 3. The minimum absolute atomic E-state index is 0.0144. The third-order valence-corrected chi connectivity index (χ3v) is 3.30. The summed E-state index contributed by atoms with van der Waals surface area (Å²) in [6, 6.07) is 5.04.